The Labute approximate surface area is 125 Å². The van der Waals surface area contributed by atoms with E-state index in [2.05, 4.69) is 10.3 Å². The van der Waals surface area contributed by atoms with Crippen LogP contribution in [0.4, 0.5) is 10.1 Å². The van der Waals surface area contributed by atoms with E-state index < -0.39 is 29.1 Å². The van der Waals surface area contributed by atoms with Gasteiger partial charge >= 0.3 is 0 Å². The molecule has 2 aliphatic rings. The van der Waals surface area contributed by atoms with E-state index in [9.17, 15) is 19.1 Å². The number of nitrogens with one attached hydrogen (secondary N) is 1. The lowest BCUT2D eigenvalue weighted by atomic mass is 9.90. The fourth-order valence-electron chi connectivity index (χ4n) is 2.25. The van der Waals surface area contributed by atoms with Crippen molar-refractivity contribution in [3.63, 3.8) is 0 Å². The summed E-state index contributed by atoms with van der Waals surface area (Å²) in [6.45, 7) is 0. The average Bonchev–Trinajstić information content (AvgIpc) is 2.49. The Morgan fingerprint density at radius 3 is 2.68 bits per heavy atom. The molecule has 1 atom stereocenters. The van der Waals surface area contributed by atoms with Gasteiger partial charge in [0.25, 0.3) is 11.8 Å². The summed E-state index contributed by atoms with van der Waals surface area (Å²) in [6, 6.07) is 5.07. The Morgan fingerprint density at radius 1 is 1.23 bits per heavy atom. The predicted molar refractivity (Wildman–Crippen MR) is 78.9 cm³/mol. The number of aliphatic hydroxyl groups is 1. The van der Waals surface area contributed by atoms with Crippen molar-refractivity contribution in [2.75, 3.05) is 5.32 Å². The molecule has 0 spiro atoms. The molecule has 1 aromatic carbocycles. The van der Waals surface area contributed by atoms with Crippen LogP contribution in [-0.4, -0.2) is 22.6 Å². The number of amides is 2. The quantitative estimate of drug-likeness (QED) is 0.822. The number of allylic oxidation sites excluding steroid dienone is 4. The first-order valence-electron chi connectivity index (χ1n) is 6.54. The summed E-state index contributed by atoms with van der Waals surface area (Å²) in [7, 11) is 0. The van der Waals surface area contributed by atoms with Crippen LogP contribution in [0.1, 0.15) is 0 Å². The maximum absolute atomic E-state index is 12.8. The molecule has 0 fully saturated rings. The van der Waals surface area contributed by atoms with Crippen molar-refractivity contribution in [1.29, 1.82) is 0 Å². The lowest BCUT2D eigenvalue weighted by molar-refractivity contribution is -0.119. The second-order valence-corrected chi connectivity index (χ2v) is 4.78. The Hall–Kier alpha value is -3.02. The molecular formula is C16H11FN2O3. The molecule has 3 rings (SSSR count). The van der Waals surface area contributed by atoms with Crippen molar-refractivity contribution in [1.82, 2.24) is 0 Å². The summed E-state index contributed by atoms with van der Waals surface area (Å²) >= 11 is 0. The third-order valence-electron chi connectivity index (χ3n) is 3.32. The van der Waals surface area contributed by atoms with Crippen LogP contribution in [0, 0.1) is 11.7 Å². The lowest BCUT2D eigenvalue weighted by Crippen LogP contribution is -2.30. The number of rotatable bonds is 2. The van der Waals surface area contributed by atoms with Gasteiger partial charge in [0.2, 0.25) is 0 Å². The van der Waals surface area contributed by atoms with Gasteiger partial charge in [0, 0.05) is 5.69 Å². The van der Waals surface area contributed by atoms with Gasteiger partial charge in [-0.15, -0.1) is 0 Å². The van der Waals surface area contributed by atoms with Crippen molar-refractivity contribution in [2.45, 2.75) is 0 Å². The van der Waals surface area contributed by atoms with Gasteiger partial charge in [-0.05, 0) is 30.3 Å². The lowest BCUT2D eigenvalue weighted by Gasteiger charge is -2.21. The SMILES string of the molecule is O=C1N=C2C=CC=CC2C(O)=C1C(=O)Nc1ccc(F)cc1. The van der Waals surface area contributed by atoms with E-state index in [-0.39, 0.29) is 5.76 Å². The molecule has 2 N–H and O–H groups in total. The predicted octanol–water partition coefficient (Wildman–Crippen LogP) is 2.30. The van der Waals surface area contributed by atoms with Gasteiger partial charge in [-0.2, -0.15) is 0 Å². The van der Waals surface area contributed by atoms with Crippen molar-refractivity contribution < 1.29 is 19.1 Å². The summed E-state index contributed by atoms with van der Waals surface area (Å²) in [5, 5.41) is 12.6. The fourth-order valence-corrected chi connectivity index (χ4v) is 2.25. The number of benzene rings is 1. The highest BCUT2D eigenvalue weighted by Crippen LogP contribution is 2.26. The molecule has 1 aromatic rings. The van der Waals surface area contributed by atoms with Crippen molar-refractivity contribution in [2.24, 2.45) is 10.9 Å². The minimum absolute atomic E-state index is 0.313. The number of halogens is 1. The number of hydrogen-bond acceptors (Lipinski definition) is 3. The summed E-state index contributed by atoms with van der Waals surface area (Å²) < 4.78 is 12.8. The van der Waals surface area contributed by atoms with Gasteiger partial charge in [0.1, 0.15) is 17.1 Å². The molecule has 6 heteroatoms. The van der Waals surface area contributed by atoms with Gasteiger partial charge in [-0.3, -0.25) is 9.59 Å². The van der Waals surface area contributed by atoms with Crippen LogP contribution in [0.15, 0.2) is 64.9 Å². The molecule has 22 heavy (non-hydrogen) atoms. The molecule has 0 saturated heterocycles. The molecule has 1 aliphatic carbocycles. The molecule has 0 radical (unpaired) electrons. The molecule has 1 heterocycles. The summed E-state index contributed by atoms with van der Waals surface area (Å²) in [4.78, 5) is 28.0. The number of carbonyl (C=O) groups excluding carboxylic acids is 2. The highest BCUT2D eigenvalue weighted by Gasteiger charge is 2.33. The van der Waals surface area contributed by atoms with Crippen LogP contribution in [0.25, 0.3) is 0 Å². The van der Waals surface area contributed by atoms with Crippen LogP contribution in [-0.2, 0) is 9.59 Å². The number of anilines is 1. The van der Waals surface area contributed by atoms with Crippen LogP contribution < -0.4 is 5.32 Å². The van der Waals surface area contributed by atoms with E-state index in [1.807, 2.05) is 0 Å². The number of nitrogens with zero attached hydrogens (tertiary/aromatic N) is 1. The summed E-state index contributed by atoms with van der Waals surface area (Å²) in [6.07, 6.45) is 6.64. The second kappa shape index (κ2) is 5.40. The zero-order valence-corrected chi connectivity index (χ0v) is 11.3. The Balaban J connectivity index is 1.88. The largest absolute Gasteiger partial charge is 0.510 e. The molecular weight excluding hydrogens is 287 g/mol. The maximum atomic E-state index is 12.8. The van der Waals surface area contributed by atoms with E-state index in [1.165, 1.54) is 24.3 Å². The highest BCUT2D eigenvalue weighted by atomic mass is 19.1. The Morgan fingerprint density at radius 2 is 1.95 bits per heavy atom. The summed E-state index contributed by atoms with van der Waals surface area (Å²) in [5.41, 5.74) is 0.301. The van der Waals surface area contributed by atoms with E-state index in [0.717, 1.165) is 0 Å². The fraction of sp³-hybridized carbons (Fsp3) is 0.0625. The first-order chi connectivity index (χ1) is 10.6. The summed E-state index contributed by atoms with van der Waals surface area (Å²) in [5.74, 6) is -2.96. The second-order valence-electron chi connectivity index (χ2n) is 4.78. The normalized spacial score (nSPS) is 19.8. The molecule has 0 aromatic heterocycles. The van der Waals surface area contributed by atoms with Gasteiger partial charge in [0.15, 0.2) is 0 Å². The molecule has 5 nitrogen and oxygen atoms in total. The number of aliphatic imine (C=N–C) groups is 1. The Bertz CT molecular complexity index is 773. The average molecular weight is 298 g/mol. The van der Waals surface area contributed by atoms with Crippen LogP contribution in [0.2, 0.25) is 0 Å². The third-order valence-corrected chi connectivity index (χ3v) is 3.32. The number of aliphatic hydroxyl groups excluding tert-OH is 1. The van der Waals surface area contributed by atoms with Crippen LogP contribution in [0.5, 0.6) is 0 Å². The van der Waals surface area contributed by atoms with E-state index in [1.54, 1.807) is 24.3 Å². The van der Waals surface area contributed by atoms with Crippen LogP contribution >= 0.6 is 0 Å². The number of fused-ring (bicyclic) bond motifs is 1. The smallest absolute Gasteiger partial charge is 0.286 e. The van der Waals surface area contributed by atoms with Crippen molar-refractivity contribution in [3.05, 3.63) is 65.7 Å². The maximum Gasteiger partial charge on any atom is 0.286 e. The number of hydrogen-bond donors (Lipinski definition) is 2. The first kappa shape index (κ1) is 13.9. The van der Waals surface area contributed by atoms with E-state index in [0.29, 0.717) is 11.4 Å². The molecule has 110 valence electrons. The topological polar surface area (TPSA) is 78.8 Å². The van der Waals surface area contributed by atoms with Gasteiger partial charge in [0.05, 0.1) is 11.6 Å². The van der Waals surface area contributed by atoms with Crippen LogP contribution in [0.3, 0.4) is 0 Å². The molecule has 0 bridgehead atoms. The standard InChI is InChI=1S/C16H11FN2O3/c17-9-5-7-10(8-6-9)18-15(21)13-14(20)11-3-1-2-4-12(11)19-16(13)22/h1-8,11,20H,(H,18,21). The third kappa shape index (κ3) is 2.46. The molecule has 1 aliphatic heterocycles. The first-order valence-corrected chi connectivity index (χ1v) is 6.54. The Kier molecular flexibility index (Phi) is 3.42. The van der Waals surface area contributed by atoms with Gasteiger partial charge in [-0.25, -0.2) is 9.38 Å². The molecule has 1 unspecified atom stereocenters. The van der Waals surface area contributed by atoms with E-state index >= 15 is 0 Å². The van der Waals surface area contributed by atoms with Gasteiger partial charge < -0.3 is 10.4 Å². The number of dihydropyridines is 1. The zero-order chi connectivity index (χ0) is 15.7. The minimum atomic E-state index is -0.802. The monoisotopic (exact) mass is 298 g/mol. The van der Waals surface area contributed by atoms with Crippen molar-refractivity contribution in [3.8, 4) is 0 Å². The van der Waals surface area contributed by atoms with E-state index in [4.69, 9.17) is 0 Å². The minimum Gasteiger partial charge on any atom is -0.510 e. The number of carbonyl (C=O) groups is 2. The molecule has 2 amide bonds. The van der Waals surface area contributed by atoms with Gasteiger partial charge in [-0.1, -0.05) is 18.2 Å². The highest BCUT2D eigenvalue weighted by molar-refractivity contribution is 6.28. The zero-order valence-electron chi connectivity index (χ0n) is 11.3. The molecule has 0 saturated carbocycles. The van der Waals surface area contributed by atoms with Crippen molar-refractivity contribution >= 4 is 23.2 Å².